The van der Waals surface area contributed by atoms with Gasteiger partial charge in [-0.2, -0.15) is 6.41 Å². The molecule has 0 aliphatic carbocycles. The van der Waals surface area contributed by atoms with E-state index in [4.69, 9.17) is 0 Å². The van der Waals surface area contributed by atoms with Crippen LogP contribution in [0, 0.1) is 0 Å². The molecule has 1 fully saturated rings. The second kappa shape index (κ2) is 5.25. The topological polar surface area (TPSA) is 32.3 Å². The fourth-order valence-corrected chi connectivity index (χ4v) is 1.37. The molecule has 0 aromatic heterocycles. The first-order valence-electron chi connectivity index (χ1n) is 3.64. The van der Waals surface area contributed by atoms with E-state index in [2.05, 4.69) is 5.32 Å². The van der Waals surface area contributed by atoms with E-state index in [1.165, 1.54) is 6.41 Å². The van der Waals surface area contributed by atoms with Gasteiger partial charge in [-0.1, -0.05) is 0 Å². The predicted octanol–water partition coefficient (Wildman–Crippen LogP) is -0.315. The predicted molar refractivity (Wildman–Crippen MR) is 39.6 cm³/mol. The molecule has 12 heavy (non-hydrogen) atoms. The molecule has 1 saturated heterocycles. The first-order valence-corrected chi connectivity index (χ1v) is 3.64. The second-order valence-electron chi connectivity index (χ2n) is 3.09. The maximum absolute atomic E-state index is 13.5. The molecule has 1 aliphatic heterocycles. The molecule has 67 valence electrons. The van der Waals surface area contributed by atoms with Crippen LogP contribution >= 0.6 is 0 Å². The third kappa shape index (κ3) is 3.46. The number of likely N-dealkylation sites (tertiary alicyclic amines) is 1. The maximum Gasteiger partial charge on any atom is 0.139 e. The second-order valence-corrected chi connectivity index (χ2v) is 3.09. The van der Waals surface area contributed by atoms with Gasteiger partial charge in [0.05, 0.1) is 0 Å². The van der Waals surface area contributed by atoms with Crippen LogP contribution in [-0.2, 0) is 37.5 Å². The number of hydrogen-bond acceptors (Lipinski definition) is 2. The van der Waals surface area contributed by atoms with Gasteiger partial charge in [0.2, 0.25) is 0 Å². The summed E-state index contributed by atoms with van der Waals surface area (Å²) in [7, 11) is 1.87. The third-order valence-corrected chi connectivity index (χ3v) is 1.97. The van der Waals surface area contributed by atoms with Gasteiger partial charge in [0.25, 0.3) is 0 Å². The van der Waals surface area contributed by atoms with Crippen molar-refractivity contribution in [3.05, 3.63) is 0 Å². The Labute approximate surface area is 96.9 Å². The van der Waals surface area contributed by atoms with Crippen LogP contribution in [-0.4, -0.2) is 43.7 Å². The van der Waals surface area contributed by atoms with Crippen LogP contribution in [0.5, 0.6) is 0 Å². The van der Waals surface area contributed by atoms with E-state index >= 15 is 0 Å². The minimum atomic E-state index is -1.23. The first kappa shape index (κ1) is 12.5. The molecule has 0 bridgehead atoms. The smallest absolute Gasteiger partial charge is 0.139 e. The fraction of sp³-hybridized carbons (Fsp3) is 0.857. The quantitative estimate of drug-likeness (QED) is 0.548. The van der Waals surface area contributed by atoms with E-state index in [1.54, 1.807) is 0 Å². The molecule has 1 aliphatic rings. The Morgan fingerprint density at radius 3 is 2.83 bits per heavy atom. The summed E-state index contributed by atoms with van der Waals surface area (Å²) in [5.41, 5.74) is -1.23. The third-order valence-electron chi connectivity index (χ3n) is 1.97. The van der Waals surface area contributed by atoms with Crippen molar-refractivity contribution in [2.24, 2.45) is 0 Å². The van der Waals surface area contributed by atoms with Crippen molar-refractivity contribution in [2.75, 3.05) is 26.7 Å². The van der Waals surface area contributed by atoms with Gasteiger partial charge in [0.15, 0.2) is 0 Å². The van der Waals surface area contributed by atoms with Gasteiger partial charge in [-0.05, 0) is 13.5 Å². The Bertz CT molecular complexity index is 158. The van der Waals surface area contributed by atoms with Gasteiger partial charge in [-0.3, -0.25) is 0 Å². The number of nitrogens with one attached hydrogen (secondary N) is 1. The molecule has 1 radical (unpaired) electrons. The number of carbonyl (C=O) groups excluding carboxylic acids is 1. The molecule has 5 heteroatoms. The van der Waals surface area contributed by atoms with Crippen LogP contribution in [0.15, 0.2) is 0 Å². The van der Waals surface area contributed by atoms with E-state index in [-0.39, 0.29) is 39.3 Å². The molecule has 1 rings (SSSR count). The van der Waals surface area contributed by atoms with Crippen LogP contribution in [0.2, 0.25) is 0 Å². The zero-order valence-electron chi connectivity index (χ0n) is 7.14. The van der Waals surface area contributed by atoms with Crippen molar-refractivity contribution < 1.29 is 41.9 Å². The SMILES string of the molecule is CN1CCC(F)(CN[C-]=O)C1.[Y]. The molecule has 0 aromatic carbocycles. The molecule has 1 N–H and O–H groups in total. The van der Waals surface area contributed by atoms with E-state index in [0.717, 1.165) is 6.54 Å². The zero-order valence-corrected chi connectivity index (χ0v) is 9.98. The number of halogens is 1. The van der Waals surface area contributed by atoms with Crippen LogP contribution in [0.1, 0.15) is 6.42 Å². The van der Waals surface area contributed by atoms with Crippen molar-refractivity contribution in [3.8, 4) is 0 Å². The average molecular weight is 248 g/mol. The molecular formula is C7H12FN2OY-. The van der Waals surface area contributed by atoms with Crippen LogP contribution < -0.4 is 5.32 Å². The minimum Gasteiger partial charge on any atom is -0.527 e. The van der Waals surface area contributed by atoms with Crippen molar-refractivity contribution in [2.45, 2.75) is 12.1 Å². The van der Waals surface area contributed by atoms with Gasteiger partial charge < -0.3 is 15.0 Å². The van der Waals surface area contributed by atoms with Crippen LogP contribution in [0.4, 0.5) is 4.39 Å². The van der Waals surface area contributed by atoms with Crippen molar-refractivity contribution >= 4 is 6.41 Å². The summed E-state index contributed by atoms with van der Waals surface area (Å²) in [6, 6.07) is 0. The number of rotatable bonds is 3. The Hall–Kier alpha value is 0.464. The summed E-state index contributed by atoms with van der Waals surface area (Å²) in [4.78, 5) is 11.7. The summed E-state index contributed by atoms with van der Waals surface area (Å²) in [5.74, 6) is 0. The number of hydrogen-bond donors (Lipinski definition) is 1. The molecule has 1 unspecified atom stereocenters. The molecular weight excluding hydrogens is 236 g/mol. The molecule has 0 saturated carbocycles. The molecule has 0 spiro atoms. The largest absolute Gasteiger partial charge is 0.527 e. The first-order chi connectivity index (χ1) is 5.16. The van der Waals surface area contributed by atoms with E-state index in [1.807, 2.05) is 11.9 Å². The summed E-state index contributed by atoms with van der Waals surface area (Å²) in [5, 5.41) is 2.24. The van der Waals surface area contributed by atoms with Gasteiger partial charge >= 0.3 is 0 Å². The van der Waals surface area contributed by atoms with Gasteiger partial charge in [0, 0.05) is 52.3 Å². The zero-order chi connectivity index (χ0) is 8.32. The fourth-order valence-electron chi connectivity index (χ4n) is 1.37. The maximum atomic E-state index is 13.5. The standard InChI is InChI=1S/C7H12FN2O.Y/c1-10-3-2-7(8,5-10)4-9-6-11;/h2-5H2,1H3,(H,9,11);/q-1;. The Balaban J connectivity index is 0.00000121. The molecule has 1 heterocycles. The molecule has 1 amide bonds. The number of nitrogens with zero attached hydrogens (tertiary/aromatic N) is 1. The number of alkyl halides is 1. The summed E-state index contributed by atoms with van der Waals surface area (Å²) < 4.78 is 13.5. The number of amides is 1. The normalized spacial score (nSPS) is 29.5. The average Bonchev–Trinajstić information content (AvgIpc) is 2.28. The van der Waals surface area contributed by atoms with Gasteiger partial charge in [-0.15, -0.1) is 0 Å². The Kier molecular flexibility index (Phi) is 5.45. The van der Waals surface area contributed by atoms with E-state index in [9.17, 15) is 9.18 Å². The Morgan fingerprint density at radius 1 is 1.75 bits per heavy atom. The molecule has 1 atom stereocenters. The van der Waals surface area contributed by atoms with E-state index in [0.29, 0.717) is 13.0 Å². The monoisotopic (exact) mass is 248 g/mol. The van der Waals surface area contributed by atoms with Gasteiger partial charge in [-0.25, -0.2) is 4.39 Å². The van der Waals surface area contributed by atoms with Crippen molar-refractivity contribution in [3.63, 3.8) is 0 Å². The van der Waals surface area contributed by atoms with Crippen molar-refractivity contribution in [1.29, 1.82) is 0 Å². The Morgan fingerprint density at radius 2 is 2.42 bits per heavy atom. The van der Waals surface area contributed by atoms with Gasteiger partial charge in [0.1, 0.15) is 5.67 Å². The summed E-state index contributed by atoms with van der Waals surface area (Å²) in [6.45, 7) is 1.25. The molecule has 3 nitrogen and oxygen atoms in total. The van der Waals surface area contributed by atoms with Crippen LogP contribution in [0.3, 0.4) is 0 Å². The summed E-state index contributed by atoms with van der Waals surface area (Å²) in [6.07, 6.45) is 1.97. The van der Waals surface area contributed by atoms with Crippen LogP contribution in [0.25, 0.3) is 0 Å². The minimum absolute atomic E-state index is 0. The molecule has 0 aromatic rings. The summed E-state index contributed by atoms with van der Waals surface area (Å²) >= 11 is 0. The van der Waals surface area contributed by atoms with E-state index < -0.39 is 5.67 Å². The van der Waals surface area contributed by atoms with Crippen molar-refractivity contribution in [1.82, 2.24) is 10.2 Å².